The van der Waals surface area contributed by atoms with Crippen molar-refractivity contribution in [2.75, 3.05) is 5.73 Å². The Morgan fingerprint density at radius 2 is 2.18 bits per heavy atom. The summed E-state index contributed by atoms with van der Waals surface area (Å²) in [6.45, 7) is 2.10. The first-order chi connectivity index (χ1) is 8.22. The number of hydrogen-bond acceptors (Lipinski definition) is 4. The highest BCUT2D eigenvalue weighted by atomic mass is 79.9. The number of halogens is 1. The molecule has 17 heavy (non-hydrogen) atoms. The third-order valence-corrected chi connectivity index (χ3v) is 3.00. The second kappa shape index (κ2) is 5.23. The number of anilines is 1. The van der Waals surface area contributed by atoms with Crippen molar-refractivity contribution in [2.24, 2.45) is 0 Å². The molecule has 0 atom stereocenters. The molecule has 0 aliphatic carbocycles. The van der Waals surface area contributed by atoms with Crippen molar-refractivity contribution < 1.29 is 0 Å². The van der Waals surface area contributed by atoms with Gasteiger partial charge in [0.25, 0.3) is 0 Å². The number of nitrogens with zero attached hydrogens (tertiary/aromatic N) is 3. The van der Waals surface area contributed by atoms with E-state index >= 15 is 0 Å². The SMILES string of the molecule is CCCc1nc(-c2ncccc2Br)ncc1N. The van der Waals surface area contributed by atoms with Crippen LogP contribution >= 0.6 is 15.9 Å². The molecule has 0 fully saturated rings. The van der Waals surface area contributed by atoms with Gasteiger partial charge >= 0.3 is 0 Å². The smallest absolute Gasteiger partial charge is 0.179 e. The molecule has 4 nitrogen and oxygen atoms in total. The second-order valence-electron chi connectivity index (χ2n) is 3.68. The van der Waals surface area contributed by atoms with E-state index in [4.69, 9.17) is 5.73 Å². The van der Waals surface area contributed by atoms with Crippen molar-refractivity contribution in [2.45, 2.75) is 19.8 Å². The van der Waals surface area contributed by atoms with E-state index in [0.717, 1.165) is 28.7 Å². The molecule has 0 aliphatic heterocycles. The van der Waals surface area contributed by atoms with Crippen LogP contribution in [0.3, 0.4) is 0 Å². The van der Waals surface area contributed by atoms with E-state index < -0.39 is 0 Å². The molecular formula is C12H13BrN4. The van der Waals surface area contributed by atoms with Gasteiger partial charge in [0.1, 0.15) is 5.69 Å². The zero-order valence-corrected chi connectivity index (χ0v) is 11.1. The first kappa shape index (κ1) is 12.0. The lowest BCUT2D eigenvalue weighted by Gasteiger charge is -2.06. The molecule has 88 valence electrons. The summed E-state index contributed by atoms with van der Waals surface area (Å²) in [5, 5.41) is 0. The number of hydrogen-bond donors (Lipinski definition) is 1. The summed E-state index contributed by atoms with van der Waals surface area (Å²) < 4.78 is 0.882. The molecular weight excluding hydrogens is 280 g/mol. The molecule has 0 unspecified atom stereocenters. The van der Waals surface area contributed by atoms with Gasteiger partial charge in [-0.25, -0.2) is 9.97 Å². The molecule has 2 aromatic rings. The van der Waals surface area contributed by atoms with Crippen LogP contribution in [0.25, 0.3) is 11.5 Å². The molecule has 0 aromatic carbocycles. The van der Waals surface area contributed by atoms with Crippen LogP contribution in [0.5, 0.6) is 0 Å². The first-order valence-corrected chi connectivity index (χ1v) is 6.24. The monoisotopic (exact) mass is 292 g/mol. The summed E-state index contributed by atoms with van der Waals surface area (Å²) in [6.07, 6.45) is 5.23. The van der Waals surface area contributed by atoms with Crippen molar-refractivity contribution in [3.05, 3.63) is 34.7 Å². The van der Waals surface area contributed by atoms with Crippen LogP contribution in [0.1, 0.15) is 19.0 Å². The first-order valence-electron chi connectivity index (χ1n) is 5.44. The van der Waals surface area contributed by atoms with Gasteiger partial charge in [-0.3, -0.25) is 4.98 Å². The summed E-state index contributed by atoms with van der Waals surface area (Å²) in [4.78, 5) is 13.0. The van der Waals surface area contributed by atoms with Crippen LogP contribution in [0.4, 0.5) is 5.69 Å². The topological polar surface area (TPSA) is 64.7 Å². The molecule has 2 heterocycles. The Morgan fingerprint density at radius 1 is 1.35 bits per heavy atom. The second-order valence-corrected chi connectivity index (χ2v) is 4.53. The Morgan fingerprint density at radius 3 is 2.88 bits per heavy atom. The molecule has 0 amide bonds. The van der Waals surface area contributed by atoms with E-state index in [-0.39, 0.29) is 0 Å². The quantitative estimate of drug-likeness (QED) is 0.945. The maximum atomic E-state index is 5.83. The van der Waals surface area contributed by atoms with Crippen LogP contribution in [-0.4, -0.2) is 15.0 Å². The maximum absolute atomic E-state index is 5.83. The lowest BCUT2D eigenvalue weighted by atomic mass is 10.2. The Kier molecular flexibility index (Phi) is 3.68. The van der Waals surface area contributed by atoms with E-state index in [1.165, 1.54) is 0 Å². The Balaban J connectivity index is 2.46. The van der Waals surface area contributed by atoms with Crippen LogP contribution in [0.2, 0.25) is 0 Å². The predicted octanol–water partition coefficient (Wildman–Crippen LogP) is 2.84. The van der Waals surface area contributed by atoms with Gasteiger partial charge < -0.3 is 5.73 Å². The molecule has 2 rings (SSSR count). The fourth-order valence-electron chi connectivity index (χ4n) is 1.53. The standard InChI is InChI=1S/C12H13BrN4/c1-2-4-10-9(14)7-16-12(17-10)11-8(13)5-3-6-15-11/h3,5-7H,2,4,14H2,1H3. The van der Waals surface area contributed by atoms with Crippen molar-refractivity contribution >= 4 is 21.6 Å². The Hall–Kier alpha value is -1.49. The minimum Gasteiger partial charge on any atom is -0.396 e. The highest BCUT2D eigenvalue weighted by Crippen LogP contribution is 2.23. The highest BCUT2D eigenvalue weighted by molar-refractivity contribution is 9.10. The van der Waals surface area contributed by atoms with Gasteiger partial charge in [0.15, 0.2) is 5.82 Å². The predicted molar refractivity (Wildman–Crippen MR) is 71.4 cm³/mol. The maximum Gasteiger partial charge on any atom is 0.179 e. The largest absolute Gasteiger partial charge is 0.396 e. The number of rotatable bonds is 3. The van der Waals surface area contributed by atoms with E-state index in [9.17, 15) is 0 Å². The molecule has 0 aliphatic rings. The van der Waals surface area contributed by atoms with Crippen LogP contribution in [-0.2, 0) is 6.42 Å². The fraction of sp³-hybridized carbons (Fsp3) is 0.250. The van der Waals surface area contributed by atoms with Crippen LogP contribution in [0, 0.1) is 0 Å². The average Bonchev–Trinajstić information content (AvgIpc) is 2.33. The fourth-order valence-corrected chi connectivity index (χ4v) is 1.96. The van der Waals surface area contributed by atoms with Crippen LogP contribution in [0.15, 0.2) is 29.0 Å². The van der Waals surface area contributed by atoms with E-state index in [0.29, 0.717) is 11.5 Å². The molecule has 0 spiro atoms. The molecule has 0 saturated heterocycles. The van der Waals surface area contributed by atoms with E-state index in [1.54, 1.807) is 12.4 Å². The molecule has 0 saturated carbocycles. The normalized spacial score (nSPS) is 10.5. The van der Waals surface area contributed by atoms with E-state index in [1.807, 2.05) is 12.1 Å². The Bertz CT molecular complexity index is 528. The summed E-state index contributed by atoms with van der Waals surface area (Å²) in [5.74, 6) is 0.607. The van der Waals surface area contributed by atoms with Crippen molar-refractivity contribution in [3.8, 4) is 11.5 Å². The number of aryl methyl sites for hydroxylation is 1. The average molecular weight is 293 g/mol. The number of nitrogens with two attached hydrogens (primary N) is 1. The third-order valence-electron chi connectivity index (χ3n) is 2.36. The summed E-state index contributed by atoms with van der Waals surface area (Å²) in [7, 11) is 0. The zero-order valence-electron chi connectivity index (χ0n) is 9.52. The minimum atomic E-state index is 0.607. The zero-order chi connectivity index (χ0) is 12.3. The molecule has 2 N–H and O–H groups in total. The van der Waals surface area contributed by atoms with Gasteiger partial charge in [-0.1, -0.05) is 13.3 Å². The number of nitrogen functional groups attached to an aromatic ring is 1. The molecule has 0 radical (unpaired) electrons. The van der Waals surface area contributed by atoms with Gasteiger partial charge in [-0.2, -0.15) is 0 Å². The molecule has 2 aromatic heterocycles. The van der Waals surface area contributed by atoms with Gasteiger partial charge in [0.05, 0.1) is 17.6 Å². The Labute approximate surface area is 108 Å². The summed E-state index contributed by atoms with van der Waals surface area (Å²) in [5.41, 5.74) is 8.10. The van der Waals surface area contributed by atoms with Gasteiger partial charge in [0, 0.05) is 10.7 Å². The lowest BCUT2D eigenvalue weighted by Crippen LogP contribution is -2.02. The van der Waals surface area contributed by atoms with E-state index in [2.05, 4.69) is 37.8 Å². The third kappa shape index (κ3) is 2.61. The lowest BCUT2D eigenvalue weighted by molar-refractivity contribution is 0.877. The minimum absolute atomic E-state index is 0.607. The summed E-state index contributed by atoms with van der Waals surface area (Å²) in [6, 6.07) is 3.78. The number of aromatic nitrogens is 3. The molecule has 0 bridgehead atoms. The molecule has 5 heteroatoms. The van der Waals surface area contributed by atoms with Gasteiger partial charge in [0.2, 0.25) is 0 Å². The highest BCUT2D eigenvalue weighted by Gasteiger charge is 2.09. The van der Waals surface area contributed by atoms with Gasteiger partial charge in [-0.15, -0.1) is 0 Å². The van der Waals surface area contributed by atoms with Gasteiger partial charge in [-0.05, 0) is 34.5 Å². The number of pyridine rings is 1. The van der Waals surface area contributed by atoms with Crippen LogP contribution < -0.4 is 5.73 Å². The summed E-state index contributed by atoms with van der Waals surface area (Å²) >= 11 is 3.44. The van der Waals surface area contributed by atoms with Crippen molar-refractivity contribution in [1.29, 1.82) is 0 Å². The van der Waals surface area contributed by atoms with Crippen molar-refractivity contribution in [1.82, 2.24) is 15.0 Å². The van der Waals surface area contributed by atoms with Crippen molar-refractivity contribution in [3.63, 3.8) is 0 Å².